The number of nitrogens with one attached hydrogen (secondary N) is 1. The maximum absolute atomic E-state index is 5.44. The van der Waals surface area contributed by atoms with Crippen molar-refractivity contribution >= 4 is 0 Å². The lowest BCUT2D eigenvalue weighted by molar-refractivity contribution is 0.415. The summed E-state index contributed by atoms with van der Waals surface area (Å²) in [6, 6.07) is 4.63. The van der Waals surface area contributed by atoms with E-state index in [1.165, 1.54) is 51.4 Å². The van der Waals surface area contributed by atoms with Crippen molar-refractivity contribution in [3.05, 3.63) is 24.2 Å². The first kappa shape index (κ1) is 16.3. The van der Waals surface area contributed by atoms with Gasteiger partial charge in [0.15, 0.2) is 0 Å². The number of hydrogen-bond donors (Lipinski definition) is 1. The van der Waals surface area contributed by atoms with Crippen LogP contribution in [-0.4, -0.2) is 12.6 Å². The van der Waals surface area contributed by atoms with Crippen molar-refractivity contribution in [2.45, 2.75) is 77.7 Å². The molecule has 19 heavy (non-hydrogen) atoms. The Kier molecular flexibility index (Phi) is 9.52. The van der Waals surface area contributed by atoms with Gasteiger partial charge in [-0.25, -0.2) is 0 Å². The highest BCUT2D eigenvalue weighted by atomic mass is 16.3. The second kappa shape index (κ2) is 11.1. The van der Waals surface area contributed by atoms with Crippen LogP contribution in [0.1, 0.15) is 71.0 Å². The Morgan fingerprint density at radius 2 is 1.79 bits per heavy atom. The molecule has 0 radical (unpaired) electrons. The van der Waals surface area contributed by atoms with Gasteiger partial charge in [0.05, 0.1) is 6.26 Å². The summed E-state index contributed by atoms with van der Waals surface area (Å²) in [4.78, 5) is 0. The molecule has 0 spiro atoms. The van der Waals surface area contributed by atoms with Crippen molar-refractivity contribution in [1.29, 1.82) is 0 Å². The second-order valence-corrected chi connectivity index (χ2v) is 5.45. The number of likely N-dealkylation sites (N-methyl/N-ethyl adjacent to an activating group) is 1. The van der Waals surface area contributed by atoms with E-state index in [0.29, 0.717) is 6.04 Å². The summed E-state index contributed by atoms with van der Waals surface area (Å²) in [7, 11) is 0. The van der Waals surface area contributed by atoms with Gasteiger partial charge in [-0.1, -0.05) is 58.8 Å². The maximum Gasteiger partial charge on any atom is 0.105 e. The van der Waals surface area contributed by atoms with Crippen LogP contribution < -0.4 is 5.32 Å². The standard InChI is InChI=1S/C17H31NO/c1-3-5-6-7-8-9-10-12-16(18-4-2)15-17-13-11-14-19-17/h11,13-14,16,18H,3-10,12,15H2,1-2H3. The Morgan fingerprint density at radius 1 is 1.05 bits per heavy atom. The van der Waals surface area contributed by atoms with Crippen LogP contribution in [0.15, 0.2) is 22.8 Å². The fraction of sp³-hybridized carbons (Fsp3) is 0.765. The maximum atomic E-state index is 5.44. The number of unbranched alkanes of at least 4 members (excludes halogenated alkanes) is 6. The number of hydrogen-bond acceptors (Lipinski definition) is 2. The zero-order valence-corrected chi connectivity index (χ0v) is 12.8. The average Bonchev–Trinajstić information content (AvgIpc) is 2.91. The third kappa shape index (κ3) is 8.10. The molecule has 0 amide bonds. The Bertz CT molecular complexity index is 281. The molecule has 0 aliphatic heterocycles. The van der Waals surface area contributed by atoms with E-state index in [9.17, 15) is 0 Å². The van der Waals surface area contributed by atoms with Gasteiger partial charge in [0.25, 0.3) is 0 Å². The molecule has 1 atom stereocenters. The number of furan rings is 1. The van der Waals surface area contributed by atoms with Gasteiger partial charge in [-0.15, -0.1) is 0 Å². The summed E-state index contributed by atoms with van der Waals surface area (Å²) in [5, 5.41) is 3.57. The highest BCUT2D eigenvalue weighted by Gasteiger charge is 2.09. The van der Waals surface area contributed by atoms with E-state index in [-0.39, 0.29) is 0 Å². The van der Waals surface area contributed by atoms with Crippen molar-refractivity contribution in [2.24, 2.45) is 0 Å². The molecule has 0 aromatic carbocycles. The van der Waals surface area contributed by atoms with E-state index in [1.54, 1.807) is 6.26 Å². The minimum Gasteiger partial charge on any atom is -0.469 e. The van der Waals surface area contributed by atoms with E-state index in [0.717, 1.165) is 18.7 Å². The molecule has 2 heteroatoms. The summed E-state index contributed by atoms with van der Waals surface area (Å²) in [5.74, 6) is 1.11. The molecule has 1 aromatic heterocycles. The van der Waals surface area contributed by atoms with Crippen molar-refractivity contribution in [2.75, 3.05) is 6.54 Å². The predicted molar refractivity (Wildman–Crippen MR) is 82.5 cm³/mol. The van der Waals surface area contributed by atoms with E-state index in [4.69, 9.17) is 4.42 Å². The minimum absolute atomic E-state index is 0.576. The molecule has 0 bridgehead atoms. The lowest BCUT2D eigenvalue weighted by atomic mass is 10.0. The van der Waals surface area contributed by atoms with Gasteiger partial charge in [-0.05, 0) is 25.1 Å². The molecule has 1 rings (SSSR count). The molecule has 1 unspecified atom stereocenters. The zero-order chi connectivity index (χ0) is 13.8. The fourth-order valence-corrected chi connectivity index (χ4v) is 2.58. The highest BCUT2D eigenvalue weighted by Crippen LogP contribution is 2.13. The van der Waals surface area contributed by atoms with Gasteiger partial charge in [-0.2, -0.15) is 0 Å². The molecule has 2 nitrogen and oxygen atoms in total. The van der Waals surface area contributed by atoms with Gasteiger partial charge < -0.3 is 9.73 Å². The van der Waals surface area contributed by atoms with Gasteiger partial charge in [0, 0.05) is 12.5 Å². The van der Waals surface area contributed by atoms with Gasteiger partial charge in [0.2, 0.25) is 0 Å². The monoisotopic (exact) mass is 265 g/mol. The molecule has 0 aliphatic rings. The Morgan fingerprint density at radius 3 is 2.42 bits per heavy atom. The van der Waals surface area contributed by atoms with Gasteiger partial charge in [0.1, 0.15) is 5.76 Å². The summed E-state index contributed by atoms with van der Waals surface area (Å²) >= 11 is 0. The second-order valence-electron chi connectivity index (χ2n) is 5.45. The first-order chi connectivity index (χ1) is 9.36. The highest BCUT2D eigenvalue weighted by molar-refractivity contribution is 5.00. The van der Waals surface area contributed by atoms with Crippen LogP contribution in [0.25, 0.3) is 0 Å². The molecular weight excluding hydrogens is 234 g/mol. The fourth-order valence-electron chi connectivity index (χ4n) is 2.58. The Balaban J connectivity index is 2.08. The zero-order valence-electron chi connectivity index (χ0n) is 12.8. The van der Waals surface area contributed by atoms with E-state index < -0.39 is 0 Å². The molecular formula is C17H31NO. The lowest BCUT2D eigenvalue weighted by Gasteiger charge is -2.16. The van der Waals surface area contributed by atoms with Crippen LogP contribution in [0.5, 0.6) is 0 Å². The van der Waals surface area contributed by atoms with Crippen molar-refractivity contribution in [3.63, 3.8) is 0 Å². The minimum atomic E-state index is 0.576. The molecule has 110 valence electrons. The molecule has 0 aliphatic carbocycles. The number of rotatable bonds is 12. The lowest BCUT2D eigenvalue weighted by Crippen LogP contribution is -2.30. The van der Waals surface area contributed by atoms with Crippen LogP contribution in [-0.2, 0) is 6.42 Å². The molecule has 0 saturated heterocycles. The van der Waals surface area contributed by atoms with Crippen LogP contribution >= 0.6 is 0 Å². The quantitative estimate of drug-likeness (QED) is 0.541. The SMILES string of the molecule is CCCCCCCCCC(Cc1ccco1)NCC. The third-order valence-electron chi connectivity index (χ3n) is 3.68. The van der Waals surface area contributed by atoms with Gasteiger partial charge >= 0.3 is 0 Å². The van der Waals surface area contributed by atoms with Gasteiger partial charge in [-0.3, -0.25) is 0 Å². The first-order valence-corrected chi connectivity index (χ1v) is 8.12. The molecule has 1 N–H and O–H groups in total. The first-order valence-electron chi connectivity index (χ1n) is 8.12. The topological polar surface area (TPSA) is 25.2 Å². The summed E-state index contributed by atoms with van der Waals surface area (Å²) in [5.41, 5.74) is 0. The van der Waals surface area contributed by atoms with E-state index >= 15 is 0 Å². The predicted octanol–water partition coefficient (Wildman–Crippen LogP) is 4.94. The summed E-state index contributed by atoms with van der Waals surface area (Å²) in [6.07, 6.45) is 13.8. The molecule has 0 fully saturated rings. The summed E-state index contributed by atoms with van der Waals surface area (Å²) < 4.78 is 5.44. The normalized spacial score (nSPS) is 12.7. The van der Waals surface area contributed by atoms with Crippen LogP contribution in [0.2, 0.25) is 0 Å². The van der Waals surface area contributed by atoms with Crippen molar-refractivity contribution < 1.29 is 4.42 Å². The molecule has 1 heterocycles. The summed E-state index contributed by atoms with van der Waals surface area (Å²) in [6.45, 7) is 5.50. The van der Waals surface area contributed by atoms with Crippen molar-refractivity contribution in [1.82, 2.24) is 5.32 Å². The Labute approximate surface area is 119 Å². The smallest absolute Gasteiger partial charge is 0.105 e. The average molecular weight is 265 g/mol. The Hall–Kier alpha value is -0.760. The van der Waals surface area contributed by atoms with Crippen LogP contribution in [0.4, 0.5) is 0 Å². The molecule has 0 saturated carbocycles. The third-order valence-corrected chi connectivity index (χ3v) is 3.68. The van der Waals surface area contributed by atoms with E-state index in [1.807, 2.05) is 6.07 Å². The van der Waals surface area contributed by atoms with E-state index in [2.05, 4.69) is 25.2 Å². The van der Waals surface area contributed by atoms with Crippen LogP contribution in [0.3, 0.4) is 0 Å². The molecule has 1 aromatic rings. The van der Waals surface area contributed by atoms with Crippen molar-refractivity contribution in [3.8, 4) is 0 Å². The van der Waals surface area contributed by atoms with Crippen LogP contribution in [0, 0.1) is 0 Å². The largest absolute Gasteiger partial charge is 0.469 e.